The van der Waals surface area contributed by atoms with Crippen LogP contribution in [0.15, 0.2) is 47.3 Å². The van der Waals surface area contributed by atoms with Crippen LogP contribution in [0.5, 0.6) is 0 Å². The first kappa shape index (κ1) is 14.5. The van der Waals surface area contributed by atoms with Gasteiger partial charge in [0.15, 0.2) is 0 Å². The summed E-state index contributed by atoms with van der Waals surface area (Å²) in [6.45, 7) is 0.0595. The van der Waals surface area contributed by atoms with Crippen LogP contribution in [-0.4, -0.2) is 22.0 Å². The Bertz CT molecular complexity index is 707. The summed E-state index contributed by atoms with van der Waals surface area (Å²) >= 11 is 0. The summed E-state index contributed by atoms with van der Waals surface area (Å²) in [5.41, 5.74) is -0.741. The van der Waals surface area contributed by atoms with Gasteiger partial charge < -0.3 is 10.1 Å². The van der Waals surface area contributed by atoms with Gasteiger partial charge in [-0.15, -0.1) is 0 Å². The van der Waals surface area contributed by atoms with E-state index >= 15 is 0 Å². The average Bonchev–Trinajstić information content (AvgIpc) is 2.47. The molecule has 2 rings (SSSR count). The lowest BCUT2D eigenvalue weighted by atomic mass is 10.2. The zero-order chi connectivity index (χ0) is 15.2. The molecule has 0 saturated carbocycles. The summed E-state index contributed by atoms with van der Waals surface area (Å²) in [6, 6.07) is 11.2. The topological polar surface area (TPSA) is 106 Å². The number of rotatable bonds is 5. The van der Waals surface area contributed by atoms with Gasteiger partial charge in [0.05, 0.1) is 0 Å². The molecule has 0 aliphatic heterocycles. The molecule has 1 heterocycles. The number of carboxylic acid groups (broad SMARTS) is 1. The number of hydrogen-bond acceptors (Lipinski definition) is 5. The quantitative estimate of drug-likeness (QED) is 0.636. The first-order chi connectivity index (χ1) is 10.1. The third-order valence-corrected chi connectivity index (χ3v) is 2.56. The number of aromatic nitrogens is 1. The number of nitrogens with one attached hydrogen (secondary N) is 1. The Morgan fingerprint density at radius 3 is 2.43 bits per heavy atom. The fraction of sp³-hybridized carbons (Fsp3) is 0.0714. The average molecular weight is 289 g/mol. The molecule has 0 aliphatic rings. The number of H-pyrrole nitrogens is 1. The van der Waals surface area contributed by atoms with E-state index < -0.39 is 23.1 Å². The van der Waals surface area contributed by atoms with Gasteiger partial charge in [0, 0.05) is 0 Å². The monoisotopic (exact) mass is 289 g/mol. The molecule has 0 radical (unpaired) electrons. The first-order valence-corrected chi connectivity index (χ1v) is 5.92. The van der Waals surface area contributed by atoms with Crippen LogP contribution < -0.4 is 5.56 Å². The van der Waals surface area contributed by atoms with E-state index in [4.69, 9.17) is 9.99 Å². The SMILES string of the molecule is O=C(OOCc1ccccc1)c1ccc(C(=O)O)c(=O)[nH]1. The minimum atomic E-state index is -1.38. The lowest BCUT2D eigenvalue weighted by molar-refractivity contribution is -0.250. The van der Waals surface area contributed by atoms with Gasteiger partial charge in [-0.05, 0) is 17.7 Å². The van der Waals surface area contributed by atoms with Crippen molar-refractivity contribution in [3.63, 3.8) is 0 Å². The second-order valence-electron chi connectivity index (χ2n) is 4.04. The maximum Gasteiger partial charge on any atom is 0.389 e. The number of benzene rings is 1. The standard InChI is InChI=1S/C14H11NO6/c16-12-10(13(17)18)6-7-11(15-12)14(19)21-20-8-9-4-2-1-3-5-9/h1-7H,8H2,(H,15,16)(H,17,18). The molecule has 0 bridgehead atoms. The largest absolute Gasteiger partial charge is 0.477 e. The second kappa shape index (κ2) is 6.49. The molecular weight excluding hydrogens is 278 g/mol. The number of carboxylic acids is 1. The van der Waals surface area contributed by atoms with Crippen LogP contribution in [0.4, 0.5) is 0 Å². The van der Waals surface area contributed by atoms with Crippen LogP contribution in [0.3, 0.4) is 0 Å². The Morgan fingerprint density at radius 1 is 1.10 bits per heavy atom. The summed E-state index contributed by atoms with van der Waals surface area (Å²) in [5, 5.41) is 8.70. The number of hydrogen-bond donors (Lipinski definition) is 2. The zero-order valence-electron chi connectivity index (χ0n) is 10.7. The van der Waals surface area contributed by atoms with Crippen molar-refractivity contribution in [2.75, 3.05) is 0 Å². The number of aromatic carboxylic acids is 1. The van der Waals surface area contributed by atoms with Gasteiger partial charge in [-0.25, -0.2) is 9.59 Å². The fourth-order valence-electron chi connectivity index (χ4n) is 1.53. The number of carbonyl (C=O) groups is 2. The van der Waals surface area contributed by atoms with Crippen molar-refractivity contribution in [2.24, 2.45) is 0 Å². The predicted octanol–water partition coefficient (Wildman–Crippen LogP) is 1.36. The molecule has 1 aromatic heterocycles. The molecule has 108 valence electrons. The van der Waals surface area contributed by atoms with E-state index in [2.05, 4.69) is 9.87 Å². The van der Waals surface area contributed by atoms with Crippen LogP contribution in [0.2, 0.25) is 0 Å². The molecule has 21 heavy (non-hydrogen) atoms. The Labute approximate surface area is 118 Å². The van der Waals surface area contributed by atoms with Crippen LogP contribution in [0, 0.1) is 0 Å². The van der Waals surface area contributed by atoms with E-state index in [0.29, 0.717) is 0 Å². The molecule has 0 unspecified atom stereocenters. The molecule has 1 aromatic carbocycles. The minimum Gasteiger partial charge on any atom is -0.477 e. The van der Waals surface area contributed by atoms with E-state index in [1.165, 1.54) is 0 Å². The number of pyridine rings is 1. The third kappa shape index (κ3) is 3.77. The van der Waals surface area contributed by atoms with Crippen molar-refractivity contribution in [1.82, 2.24) is 4.98 Å². The minimum absolute atomic E-state index is 0.0595. The van der Waals surface area contributed by atoms with E-state index in [1.54, 1.807) is 12.1 Å². The highest BCUT2D eigenvalue weighted by atomic mass is 17.2. The Balaban J connectivity index is 1.96. The lowest BCUT2D eigenvalue weighted by Crippen LogP contribution is -2.21. The van der Waals surface area contributed by atoms with Crippen molar-refractivity contribution in [1.29, 1.82) is 0 Å². The third-order valence-electron chi connectivity index (χ3n) is 2.56. The van der Waals surface area contributed by atoms with Gasteiger partial charge in [-0.2, -0.15) is 4.89 Å². The van der Waals surface area contributed by atoms with Crippen molar-refractivity contribution in [3.05, 3.63) is 69.6 Å². The first-order valence-electron chi connectivity index (χ1n) is 5.92. The van der Waals surface area contributed by atoms with E-state index in [-0.39, 0.29) is 12.3 Å². The zero-order valence-corrected chi connectivity index (χ0v) is 10.7. The van der Waals surface area contributed by atoms with Crippen molar-refractivity contribution in [2.45, 2.75) is 6.61 Å². The Kier molecular flexibility index (Phi) is 4.47. The lowest BCUT2D eigenvalue weighted by Gasteiger charge is -2.04. The summed E-state index contributed by atoms with van der Waals surface area (Å²) < 4.78 is 0. The smallest absolute Gasteiger partial charge is 0.389 e. The molecule has 0 spiro atoms. The Morgan fingerprint density at radius 2 is 1.81 bits per heavy atom. The van der Waals surface area contributed by atoms with Gasteiger partial charge >= 0.3 is 11.9 Å². The van der Waals surface area contributed by atoms with Crippen LogP contribution in [0.1, 0.15) is 26.4 Å². The molecular formula is C14H11NO6. The van der Waals surface area contributed by atoms with Gasteiger partial charge in [0.25, 0.3) is 5.56 Å². The summed E-state index contributed by atoms with van der Waals surface area (Å²) in [6.07, 6.45) is 0. The molecule has 0 fully saturated rings. The highest BCUT2D eigenvalue weighted by Crippen LogP contribution is 2.03. The van der Waals surface area contributed by atoms with Crippen molar-refractivity contribution >= 4 is 11.9 Å². The fourth-order valence-corrected chi connectivity index (χ4v) is 1.53. The number of aromatic amines is 1. The molecule has 0 atom stereocenters. The van der Waals surface area contributed by atoms with Crippen LogP contribution in [-0.2, 0) is 16.4 Å². The van der Waals surface area contributed by atoms with Gasteiger partial charge in [0.2, 0.25) is 0 Å². The molecule has 2 N–H and O–H groups in total. The Hall–Kier alpha value is -2.93. The highest BCUT2D eigenvalue weighted by Gasteiger charge is 2.14. The number of carbonyl (C=O) groups excluding carboxylic acids is 1. The van der Waals surface area contributed by atoms with Gasteiger partial charge in [-0.1, -0.05) is 30.3 Å². The second-order valence-corrected chi connectivity index (χ2v) is 4.04. The summed E-state index contributed by atoms with van der Waals surface area (Å²) in [4.78, 5) is 45.1. The molecule has 0 aliphatic carbocycles. The molecule has 2 aromatic rings. The normalized spacial score (nSPS) is 10.1. The molecule has 0 saturated heterocycles. The highest BCUT2D eigenvalue weighted by molar-refractivity contribution is 5.90. The molecule has 7 heteroatoms. The summed E-state index contributed by atoms with van der Waals surface area (Å²) in [5.74, 6) is -2.29. The predicted molar refractivity (Wildman–Crippen MR) is 70.7 cm³/mol. The van der Waals surface area contributed by atoms with E-state index in [0.717, 1.165) is 17.7 Å². The van der Waals surface area contributed by atoms with Gasteiger partial charge in [0.1, 0.15) is 17.9 Å². The maximum absolute atomic E-state index is 11.6. The van der Waals surface area contributed by atoms with E-state index in [1.807, 2.05) is 18.2 Å². The maximum atomic E-state index is 11.6. The van der Waals surface area contributed by atoms with Gasteiger partial charge in [-0.3, -0.25) is 9.68 Å². The molecule has 7 nitrogen and oxygen atoms in total. The molecule has 0 amide bonds. The van der Waals surface area contributed by atoms with Crippen LogP contribution >= 0.6 is 0 Å². The summed E-state index contributed by atoms with van der Waals surface area (Å²) in [7, 11) is 0. The van der Waals surface area contributed by atoms with Crippen LogP contribution in [0.25, 0.3) is 0 Å². The van der Waals surface area contributed by atoms with Crippen molar-refractivity contribution < 1.29 is 24.5 Å². The van der Waals surface area contributed by atoms with E-state index in [9.17, 15) is 14.4 Å². The van der Waals surface area contributed by atoms with Crippen molar-refractivity contribution in [3.8, 4) is 0 Å².